The lowest BCUT2D eigenvalue weighted by Crippen LogP contribution is -2.23. The summed E-state index contributed by atoms with van der Waals surface area (Å²) in [5, 5.41) is 0. The lowest BCUT2D eigenvalue weighted by Gasteiger charge is -2.23. The van der Waals surface area contributed by atoms with E-state index in [-0.39, 0.29) is 36.0 Å². The first-order valence-electron chi connectivity index (χ1n) is 7.60. The lowest BCUT2D eigenvalue weighted by atomic mass is 9.84. The van der Waals surface area contributed by atoms with Crippen LogP contribution in [-0.4, -0.2) is 24.1 Å². The first-order valence-corrected chi connectivity index (χ1v) is 7.60. The second-order valence-corrected chi connectivity index (χ2v) is 6.19. The van der Waals surface area contributed by atoms with Gasteiger partial charge in [-0.15, -0.1) is 0 Å². The summed E-state index contributed by atoms with van der Waals surface area (Å²) >= 11 is 0. The molecule has 2 aliphatic rings. The van der Waals surface area contributed by atoms with Crippen LogP contribution in [0.1, 0.15) is 47.0 Å². The molecule has 0 aromatic rings. The van der Waals surface area contributed by atoms with Crippen LogP contribution in [-0.2, 0) is 19.1 Å². The maximum absolute atomic E-state index is 11.8. The zero-order valence-corrected chi connectivity index (χ0v) is 13.2. The molecule has 1 aliphatic carbocycles. The Bertz CT molecular complexity index is 489. The zero-order chi connectivity index (χ0) is 15.6. The Kier molecular flexibility index (Phi) is 4.86. The van der Waals surface area contributed by atoms with Gasteiger partial charge in [0.05, 0.1) is 5.92 Å². The van der Waals surface area contributed by atoms with Gasteiger partial charge in [0.25, 0.3) is 0 Å². The average Bonchev–Trinajstić information content (AvgIpc) is 2.66. The molecule has 116 valence electrons. The number of esters is 2. The first kappa shape index (κ1) is 15.8. The van der Waals surface area contributed by atoms with Crippen molar-refractivity contribution in [3.8, 4) is 0 Å². The molecule has 0 radical (unpaired) electrons. The molecule has 0 aromatic carbocycles. The van der Waals surface area contributed by atoms with Crippen LogP contribution in [0.4, 0.5) is 0 Å². The molecule has 1 saturated heterocycles. The molecule has 0 N–H and O–H groups in total. The van der Waals surface area contributed by atoms with Crippen LogP contribution in [0.25, 0.3) is 0 Å². The number of hydrogen-bond acceptors (Lipinski definition) is 4. The van der Waals surface area contributed by atoms with E-state index in [1.54, 1.807) is 0 Å². The number of ether oxygens (including phenoxy) is 2. The van der Waals surface area contributed by atoms with Gasteiger partial charge < -0.3 is 9.47 Å². The normalized spacial score (nSPS) is 38.4. The highest BCUT2D eigenvalue weighted by molar-refractivity contribution is 5.75. The van der Waals surface area contributed by atoms with E-state index in [2.05, 4.69) is 13.0 Å². The summed E-state index contributed by atoms with van der Waals surface area (Å²) in [6.45, 7) is 7.38. The highest BCUT2D eigenvalue weighted by atomic mass is 16.6. The highest BCUT2D eigenvalue weighted by Gasteiger charge is 2.40. The Morgan fingerprint density at radius 2 is 2.10 bits per heavy atom. The Balaban J connectivity index is 2.28. The number of carbonyl (C=O) groups is 2. The molecule has 1 fully saturated rings. The van der Waals surface area contributed by atoms with Crippen molar-refractivity contribution >= 4 is 11.9 Å². The summed E-state index contributed by atoms with van der Waals surface area (Å²) in [4.78, 5) is 23.1. The second-order valence-electron chi connectivity index (χ2n) is 6.19. The predicted molar refractivity (Wildman–Crippen MR) is 79.5 cm³/mol. The van der Waals surface area contributed by atoms with Crippen molar-refractivity contribution in [2.24, 2.45) is 11.8 Å². The number of hydrogen-bond donors (Lipinski definition) is 0. The summed E-state index contributed by atoms with van der Waals surface area (Å²) in [6.07, 6.45) is 6.20. The Morgan fingerprint density at radius 1 is 1.38 bits per heavy atom. The fourth-order valence-corrected chi connectivity index (χ4v) is 3.06. The maximum atomic E-state index is 11.8. The van der Waals surface area contributed by atoms with Crippen LogP contribution < -0.4 is 0 Å². The minimum Gasteiger partial charge on any atom is -0.458 e. The van der Waals surface area contributed by atoms with Gasteiger partial charge in [0.1, 0.15) is 12.2 Å². The molecule has 0 spiro atoms. The molecular weight excluding hydrogens is 268 g/mol. The van der Waals surface area contributed by atoms with Gasteiger partial charge in [0.2, 0.25) is 0 Å². The molecule has 4 nitrogen and oxygen atoms in total. The third-order valence-electron chi connectivity index (χ3n) is 4.48. The summed E-state index contributed by atoms with van der Waals surface area (Å²) in [6, 6.07) is 0. The third-order valence-corrected chi connectivity index (χ3v) is 4.48. The minimum absolute atomic E-state index is 0.0709. The fourth-order valence-electron chi connectivity index (χ4n) is 3.06. The second kappa shape index (κ2) is 6.46. The zero-order valence-electron chi connectivity index (χ0n) is 13.2. The molecule has 4 atom stereocenters. The SMILES string of the molecule is CC(=O)O[C@H]1C/C=C(/C)CC[C@@H]2[C@@H](/C=C\1C)OC(=O)[C@@H]2C. The summed E-state index contributed by atoms with van der Waals surface area (Å²) in [5.41, 5.74) is 2.22. The fraction of sp³-hybridized carbons (Fsp3) is 0.647. The monoisotopic (exact) mass is 292 g/mol. The van der Waals surface area contributed by atoms with Crippen LogP contribution in [0.3, 0.4) is 0 Å². The molecule has 21 heavy (non-hydrogen) atoms. The summed E-state index contributed by atoms with van der Waals surface area (Å²) in [5.74, 6) is -0.284. The highest BCUT2D eigenvalue weighted by Crippen LogP contribution is 2.35. The molecule has 0 unspecified atom stereocenters. The van der Waals surface area contributed by atoms with Gasteiger partial charge in [0, 0.05) is 19.3 Å². The number of fused-ring (bicyclic) bond motifs is 1. The van der Waals surface area contributed by atoms with Gasteiger partial charge in [-0.1, -0.05) is 18.6 Å². The van der Waals surface area contributed by atoms with Crippen molar-refractivity contribution in [2.75, 3.05) is 0 Å². The van der Waals surface area contributed by atoms with Crippen LogP contribution >= 0.6 is 0 Å². The first-order chi connectivity index (χ1) is 9.88. The standard InChI is InChI=1S/C17H24O4/c1-10-5-7-14-12(3)17(19)21-16(14)9-11(2)15(8-6-10)20-13(4)18/h6,9,12,14-16H,5,7-8H2,1-4H3/b10-6-,11-9-/t12-,14+,15+,16-/m1/s1. The maximum Gasteiger partial charge on any atom is 0.309 e. The molecule has 0 bridgehead atoms. The van der Waals surface area contributed by atoms with E-state index in [9.17, 15) is 9.59 Å². The van der Waals surface area contributed by atoms with Crippen LogP contribution in [0.5, 0.6) is 0 Å². The van der Waals surface area contributed by atoms with E-state index in [1.807, 2.05) is 19.9 Å². The lowest BCUT2D eigenvalue weighted by molar-refractivity contribution is -0.145. The van der Waals surface area contributed by atoms with E-state index in [0.717, 1.165) is 18.4 Å². The third kappa shape index (κ3) is 3.74. The number of rotatable bonds is 1. The van der Waals surface area contributed by atoms with Gasteiger partial charge in [-0.05, 0) is 38.3 Å². The molecule has 0 saturated carbocycles. The van der Waals surface area contributed by atoms with Crippen molar-refractivity contribution in [2.45, 2.75) is 59.2 Å². The van der Waals surface area contributed by atoms with Crippen molar-refractivity contribution in [1.29, 1.82) is 0 Å². The Morgan fingerprint density at radius 3 is 2.76 bits per heavy atom. The molecule has 0 aromatic heterocycles. The van der Waals surface area contributed by atoms with Gasteiger partial charge in [0.15, 0.2) is 0 Å². The van der Waals surface area contributed by atoms with Crippen molar-refractivity contribution in [3.05, 3.63) is 23.3 Å². The Labute approximate surface area is 126 Å². The van der Waals surface area contributed by atoms with Crippen LogP contribution in [0, 0.1) is 11.8 Å². The molecule has 4 heteroatoms. The number of carbonyl (C=O) groups excluding carboxylic acids is 2. The van der Waals surface area contributed by atoms with E-state index >= 15 is 0 Å². The average molecular weight is 292 g/mol. The topological polar surface area (TPSA) is 52.6 Å². The predicted octanol–water partition coefficient (Wildman–Crippen LogP) is 3.17. The van der Waals surface area contributed by atoms with Gasteiger partial charge in [-0.3, -0.25) is 9.59 Å². The smallest absolute Gasteiger partial charge is 0.309 e. The molecule has 1 heterocycles. The van der Waals surface area contributed by atoms with Gasteiger partial charge in [-0.2, -0.15) is 0 Å². The van der Waals surface area contributed by atoms with Gasteiger partial charge >= 0.3 is 11.9 Å². The minimum atomic E-state index is -0.288. The molecular formula is C17H24O4. The van der Waals surface area contributed by atoms with Crippen molar-refractivity contribution in [1.82, 2.24) is 0 Å². The van der Waals surface area contributed by atoms with E-state index in [1.165, 1.54) is 12.5 Å². The van der Waals surface area contributed by atoms with Crippen LogP contribution in [0.15, 0.2) is 23.3 Å². The van der Waals surface area contributed by atoms with Crippen molar-refractivity contribution in [3.63, 3.8) is 0 Å². The number of allylic oxidation sites excluding steroid dienone is 1. The van der Waals surface area contributed by atoms with E-state index < -0.39 is 0 Å². The van der Waals surface area contributed by atoms with E-state index in [0.29, 0.717) is 6.42 Å². The molecule has 0 amide bonds. The van der Waals surface area contributed by atoms with Crippen LogP contribution in [0.2, 0.25) is 0 Å². The Hall–Kier alpha value is -1.58. The summed E-state index contributed by atoms with van der Waals surface area (Å²) < 4.78 is 10.9. The quantitative estimate of drug-likeness (QED) is 0.550. The largest absolute Gasteiger partial charge is 0.458 e. The molecule has 1 aliphatic heterocycles. The molecule has 2 rings (SSSR count). The van der Waals surface area contributed by atoms with E-state index in [4.69, 9.17) is 9.47 Å². The van der Waals surface area contributed by atoms with Gasteiger partial charge in [-0.25, -0.2) is 0 Å². The summed E-state index contributed by atoms with van der Waals surface area (Å²) in [7, 11) is 0. The van der Waals surface area contributed by atoms with Crippen molar-refractivity contribution < 1.29 is 19.1 Å².